The molecule has 1 aromatic heterocycles. The van der Waals surface area contributed by atoms with Gasteiger partial charge in [0.05, 0.1) is 17.3 Å². The maximum absolute atomic E-state index is 12.8. The molecular weight excluding hydrogens is 384 g/mol. The van der Waals surface area contributed by atoms with E-state index in [4.69, 9.17) is 0 Å². The molecule has 4 rings (SSSR count). The minimum Gasteiger partial charge on any atom is -0.369 e. The molecule has 0 spiro atoms. The van der Waals surface area contributed by atoms with Gasteiger partial charge in [-0.15, -0.1) is 0 Å². The number of aromatic nitrogens is 1. The van der Waals surface area contributed by atoms with E-state index in [9.17, 15) is 4.79 Å². The lowest BCUT2D eigenvalue weighted by Gasteiger charge is -2.41. The fraction of sp³-hybridized carbons (Fsp3) is 0.538. The van der Waals surface area contributed by atoms with Gasteiger partial charge in [0.15, 0.2) is 0 Å². The Labute approximate surface area is 186 Å². The lowest BCUT2D eigenvalue weighted by atomic mass is 9.87. The third-order valence-corrected chi connectivity index (χ3v) is 6.97. The van der Waals surface area contributed by atoms with E-state index >= 15 is 0 Å². The van der Waals surface area contributed by atoms with Gasteiger partial charge in [-0.2, -0.15) is 0 Å². The Hall–Kier alpha value is -2.40. The topological polar surface area (TPSA) is 48.5 Å². The summed E-state index contributed by atoms with van der Waals surface area (Å²) in [6.07, 6.45) is 5.10. The molecule has 2 aliphatic heterocycles. The zero-order valence-electron chi connectivity index (χ0n) is 19.4. The van der Waals surface area contributed by atoms with Gasteiger partial charge in [-0.25, -0.2) is 0 Å². The quantitative estimate of drug-likeness (QED) is 0.769. The van der Waals surface area contributed by atoms with Crippen LogP contribution in [0, 0.1) is 12.8 Å². The average Bonchev–Trinajstić information content (AvgIpc) is 3.24. The van der Waals surface area contributed by atoms with E-state index in [1.807, 2.05) is 19.2 Å². The number of nitrogens with one attached hydrogen (secondary N) is 1. The first-order valence-electron chi connectivity index (χ1n) is 11.6. The monoisotopic (exact) mass is 420 g/mol. The lowest BCUT2D eigenvalue weighted by Crippen LogP contribution is -2.45. The summed E-state index contributed by atoms with van der Waals surface area (Å²) >= 11 is 0. The van der Waals surface area contributed by atoms with Gasteiger partial charge in [0.25, 0.3) is 0 Å². The Morgan fingerprint density at radius 3 is 2.39 bits per heavy atom. The van der Waals surface area contributed by atoms with Crippen LogP contribution in [0.25, 0.3) is 0 Å². The van der Waals surface area contributed by atoms with Crippen molar-refractivity contribution in [2.45, 2.75) is 58.4 Å². The number of nitrogens with zero attached hydrogens (tertiary/aromatic N) is 3. The number of benzene rings is 1. The number of amides is 1. The normalized spacial score (nSPS) is 20.8. The van der Waals surface area contributed by atoms with Crippen molar-refractivity contribution in [1.29, 1.82) is 0 Å². The number of aryl methyl sites for hydroxylation is 1. The fourth-order valence-corrected chi connectivity index (χ4v) is 4.97. The first kappa shape index (κ1) is 21.8. The SMILES string of the molecule is Cc1ncccc1N1CC[C@H](C(=O)Nc2ccc(C3CCN(C(C)(C)C)CC3)cc2)C1. The molecular formula is C26H36N4O. The average molecular weight is 421 g/mol. The standard InChI is InChI=1S/C26H36N4O/c1-19-24(6-5-14-27-19)29-15-11-22(18-29)25(31)28-23-9-7-20(8-10-23)21-12-16-30(17-13-21)26(2,3)4/h5-10,14,21-22H,11-13,15-18H2,1-4H3,(H,28,31)/t22-/m0/s1. The second-order valence-electron chi connectivity index (χ2n) is 10.1. The van der Waals surface area contributed by atoms with Gasteiger partial charge < -0.3 is 10.2 Å². The van der Waals surface area contributed by atoms with Crippen LogP contribution in [0.1, 0.15) is 57.2 Å². The third kappa shape index (κ3) is 5.09. The maximum atomic E-state index is 12.8. The Bertz CT molecular complexity index is 894. The maximum Gasteiger partial charge on any atom is 0.229 e. The van der Waals surface area contributed by atoms with Gasteiger partial charge in [0.1, 0.15) is 0 Å². The molecule has 1 N–H and O–H groups in total. The Balaban J connectivity index is 1.30. The molecule has 166 valence electrons. The van der Waals surface area contributed by atoms with E-state index in [1.165, 1.54) is 18.4 Å². The fourth-order valence-electron chi connectivity index (χ4n) is 4.97. The molecule has 0 unspecified atom stereocenters. The highest BCUT2D eigenvalue weighted by Gasteiger charge is 2.30. The van der Waals surface area contributed by atoms with Crippen LogP contribution in [0.15, 0.2) is 42.6 Å². The molecule has 31 heavy (non-hydrogen) atoms. The lowest BCUT2D eigenvalue weighted by molar-refractivity contribution is -0.119. The van der Waals surface area contributed by atoms with Crippen molar-refractivity contribution in [2.24, 2.45) is 5.92 Å². The van der Waals surface area contributed by atoms with E-state index in [0.29, 0.717) is 5.92 Å². The third-order valence-electron chi connectivity index (χ3n) is 6.97. The van der Waals surface area contributed by atoms with Crippen molar-refractivity contribution in [1.82, 2.24) is 9.88 Å². The molecule has 3 heterocycles. The van der Waals surface area contributed by atoms with E-state index in [0.717, 1.165) is 49.7 Å². The van der Waals surface area contributed by atoms with Crippen LogP contribution in [0.4, 0.5) is 11.4 Å². The van der Waals surface area contributed by atoms with Crippen molar-refractivity contribution in [3.63, 3.8) is 0 Å². The summed E-state index contributed by atoms with van der Waals surface area (Å²) in [6.45, 7) is 12.9. The molecule has 0 saturated carbocycles. The summed E-state index contributed by atoms with van der Waals surface area (Å²) in [5.74, 6) is 0.755. The zero-order valence-corrected chi connectivity index (χ0v) is 19.4. The first-order valence-corrected chi connectivity index (χ1v) is 11.6. The number of likely N-dealkylation sites (tertiary alicyclic amines) is 1. The molecule has 1 amide bonds. The van der Waals surface area contributed by atoms with Crippen LogP contribution in [0.2, 0.25) is 0 Å². The minimum atomic E-state index is 0.0148. The van der Waals surface area contributed by atoms with Crippen molar-refractivity contribution in [3.05, 3.63) is 53.9 Å². The molecule has 1 aromatic carbocycles. The van der Waals surface area contributed by atoms with Gasteiger partial charge in [-0.05, 0) is 95.8 Å². The summed E-state index contributed by atoms with van der Waals surface area (Å²) in [7, 11) is 0. The van der Waals surface area contributed by atoms with Crippen molar-refractivity contribution < 1.29 is 4.79 Å². The van der Waals surface area contributed by atoms with Crippen LogP contribution in [0.5, 0.6) is 0 Å². The molecule has 1 atom stereocenters. The van der Waals surface area contributed by atoms with Gasteiger partial charge >= 0.3 is 0 Å². The number of carbonyl (C=O) groups excluding carboxylic acids is 1. The Kier molecular flexibility index (Phi) is 6.33. The van der Waals surface area contributed by atoms with Crippen LogP contribution >= 0.6 is 0 Å². The Morgan fingerprint density at radius 1 is 1.03 bits per heavy atom. The Morgan fingerprint density at radius 2 is 1.74 bits per heavy atom. The summed E-state index contributed by atoms with van der Waals surface area (Å²) in [4.78, 5) is 22.1. The molecule has 0 aliphatic carbocycles. The number of hydrogen-bond donors (Lipinski definition) is 1. The molecule has 2 saturated heterocycles. The second kappa shape index (κ2) is 8.99. The number of anilines is 2. The number of pyridine rings is 1. The van der Waals surface area contributed by atoms with Crippen LogP contribution < -0.4 is 10.2 Å². The largest absolute Gasteiger partial charge is 0.369 e. The second-order valence-corrected chi connectivity index (χ2v) is 10.1. The van der Waals surface area contributed by atoms with Crippen LogP contribution in [-0.2, 0) is 4.79 Å². The highest BCUT2D eigenvalue weighted by Crippen LogP contribution is 2.32. The van der Waals surface area contributed by atoms with Gasteiger partial charge in [-0.1, -0.05) is 12.1 Å². The molecule has 2 fully saturated rings. The summed E-state index contributed by atoms with van der Waals surface area (Å²) < 4.78 is 0. The van der Waals surface area contributed by atoms with Gasteiger partial charge in [0.2, 0.25) is 5.91 Å². The van der Waals surface area contributed by atoms with Gasteiger partial charge in [0, 0.05) is 30.5 Å². The minimum absolute atomic E-state index is 0.0148. The molecule has 2 aromatic rings. The van der Waals surface area contributed by atoms with E-state index in [1.54, 1.807) is 0 Å². The molecule has 0 radical (unpaired) electrons. The van der Waals surface area contributed by atoms with Crippen LogP contribution in [0.3, 0.4) is 0 Å². The smallest absolute Gasteiger partial charge is 0.229 e. The zero-order chi connectivity index (χ0) is 22.0. The van der Waals surface area contributed by atoms with E-state index < -0.39 is 0 Å². The molecule has 5 nitrogen and oxygen atoms in total. The molecule has 2 aliphatic rings. The first-order chi connectivity index (χ1) is 14.8. The van der Waals surface area contributed by atoms with Crippen molar-refractivity contribution >= 4 is 17.3 Å². The van der Waals surface area contributed by atoms with Crippen LogP contribution in [-0.4, -0.2) is 47.5 Å². The number of rotatable bonds is 4. The molecule has 5 heteroatoms. The molecule has 0 bridgehead atoms. The summed E-state index contributed by atoms with van der Waals surface area (Å²) in [5, 5.41) is 3.14. The van der Waals surface area contributed by atoms with E-state index in [-0.39, 0.29) is 17.4 Å². The van der Waals surface area contributed by atoms with Crippen molar-refractivity contribution in [3.8, 4) is 0 Å². The highest BCUT2D eigenvalue weighted by molar-refractivity contribution is 5.93. The van der Waals surface area contributed by atoms with Gasteiger partial charge in [-0.3, -0.25) is 14.7 Å². The highest BCUT2D eigenvalue weighted by atomic mass is 16.1. The van der Waals surface area contributed by atoms with E-state index in [2.05, 4.69) is 71.2 Å². The summed E-state index contributed by atoms with van der Waals surface area (Å²) in [6, 6.07) is 12.6. The number of piperidine rings is 1. The summed E-state index contributed by atoms with van der Waals surface area (Å²) in [5.41, 5.74) is 4.71. The predicted octanol–water partition coefficient (Wildman–Crippen LogP) is 4.83. The predicted molar refractivity (Wildman–Crippen MR) is 128 cm³/mol. The number of carbonyl (C=O) groups is 1. The number of hydrogen-bond acceptors (Lipinski definition) is 4. The van der Waals surface area contributed by atoms with Crippen molar-refractivity contribution in [2.75, 3.05) is 36.4 Å².